The van der Waals surface area contributed by atoms with Gasteiger partial charge in [0, 0.05) is 5.69 Å². The van der Waals surface area contributed by atoms with Gasteiger partial charge in [0.25, 0.3) is 0 Å². The van der Waals surface area contributed by atoms with Crippen LogP contribution in [0.15, 0.2) is 12.1 Å². The van der Waals surface area contributed by atoms with Crippen LogP contribution in [0.3, 0.4) is 0 Å². The maximum atomic E-state index is 11.0. The molecule has 0 amide bonds. The molecule has 1 atom stereocenters. The molecule has 94 valence electrons. The van der Waals surface area contributed by atoms with E-state index < -0.39 is 5.97 Å². The molecule has 0 radical (unpaired) electrons. The molecule has 17 heavy (non-hydrogen) atoms. The van der Waals surface area contributed by atoms with Crippen LogP contribution >= 0.6 is 0 Å². The minimum Gasteiger partial charge on any atom is -0.477 e. The third-order valence-corrected chi connectivity index (χ3v) is 2.35. The number of hydrogen-bond donors (Lipinski definition) is 1. The van der Waals surface area contributed by atoms with Gasteiger partial charge in [0.2, 0.25) is 5.88 Å². The molecule has 4 heteroatoms. The Balaban J connectivity index is 2.88. The fourth-order valence-corrected chi connectivity index (χ4v) is 1.69. The number of pyridine rings is 1. The molecule has 1 unspecified atom stereocenters. The minimum absolute atomic E-state index is 0.0394. The van der Waals surface area contributed by atoms with Crippen LogP contribution in [0.25, 0.3) is 0 Å². The summed E-state index contributed by atoms with van der Waals surface area (Å²) in [6.45, 7) is 7.94. The predicted molar refractivity (Wildman–Crippen MR) is 65.5 cm³/mol. The Morgan fingerprint density at radius 1 is 1.41 bits per heavy atom. The molecule has 1 rings (SSSR count). The summed E-state index contributed by atoms with van der Waals surface area (Å²) in [7, 11) is 0. The average Bonchev–Trinajstić information content (AvgIpc) is 2.15. The topological polar surface area (TPSA) is 59.4 Å². The Hall–Kier alpha value is -1.58. The fraction of sp³-hybridized carbons (Fsp3) is 0.538. The van der Waals surface area contributed by atoms with Crippen LogP contribution in [0, 0.1) is 12.8 Å². The highest BCUT2D eigenvalue weighted by Crippen LogP contribution is 2.19. The van der Waals surface area contributed by atoms with Gasteiger partial charge in [-0.2, -0.15) is 0 Å². The molecule has 1 N–H and O–H groups in total. The van der Waals surface area contributed by atoms with E-state index in [0.717, 1.165) is 12.1 Å². The molecule has 0 fully saturated rings. The lowest BCUT2D eigenvalue weighted by molar-refractivity contribution is 0.0687. The van der Waals surface area contributed by atoms with Crippen LogP contribution in [-0.4, -0.2) is 22.2 Å². The third kappa shape index (κ3) is 4.06. The molecule has 0 aromatic carbocycles. The van der Waals surface area contributed by atoms with Crippen molar-refractivity contribution in [1.82, 2.24) is 4.98 Å². The van der Waals surface area contributed by atoms with Crippen molar-refractivity contribution >= 4 is 5.97 Å². The molecule has 1 heterocycles. The number of aromatic carboxylic acids is 1. The smallest absolute Gasteiger partial charge is 0.341 e. The van der Waals surface area contributed by atoms with Crippen molar-refractivity contribution in [3.63, 3.8) is 0 Å². The van der Waals surface area contributed by atoms with Gasteiger partial charge in [-0.3, -0.25) is 0 Å². The van der Waals surface area contributed by atoms with E-state index in [9.17, 15) is 4.79 Å². The summed E-state index contributed by atoms with van der Waals surface area (Å²) in [5, 5.41) is 9.03. The van der Waals surface area contributed by atoms with Gasteiger partial charge in [-0.15, -0.1) is 0 Å². The van der Waals surface area contributed by atoms with Gasteiger partial charge in [-0.25, -0.2) is 9.78 Å². The SMILES string of the molecule is Cc1ccc(C(=O)O)c(OC(C)CC(C)C)n1. The second-order valence-electron chi connectivity index (χ2n) is 4.67. The van der Waals surface area contributed by atoms with Crippen molar-refractivity contribution in [2.24, 2.45) is 5.92 Å². The van der Waals surface area contributed by atoms with Gasteiger partial charge >= 0.3 is 5.97 Å². The second-order valence-corrected chi connectivity index (χ2v) is 4.67. The summed E-state index contributed by atoms with van der Waals surface area (Å²) >= 11 is 0. The van der Waals surface area contributed by atoms with Gasteiger partial charge < -0.3 is 9.84 Å². The third-order valence-electron chi connectivity index (χ3n) is 2.35. The van der Waals surface area contributed by atoms with Crippen LogP contribution < -0.4 is 4.74 Å². The Morgan fingerprint density at radius 2 is 2.06 bits per heavy atom. The van der Waals surface area contributed by atoms with E-state index in [-0.39, 0.29) is 17.5 Å². The number of rotatable bonds is 5. The molecular weight excluding hydrogens is 218 g/mol. The first-order chi connectivity index (χ1) is 7.90. The fourth-order valence-electron chi connectivity index (χ4n) is 1.69. The lowest BCUT2D eigenvalue weighted by Crippen LogP contribution is -2.17. The number of ether oxygens (including phenoxy) is 1. The number of carbonyl (C=O) groups is 1. The standard InChI is InChI=1S/C13H19NO3/c1-8(2)7-10(4)17-12-11(13(15)16)6-5-9(3)14-12/h5-6,8,10H,7H2,1-4H3,(H,15,16). The zero-order chi connectivity index (χ0) is 13.0. The van der Waals surface area contributed by atoms with E-state index in [1.165, 1.54) is 6.07 Å². The van der Waals surface area contributed by atoms with Crippen molar-refractivity contribution in [3.8, 4) is 5.88 Å². The molecule has 0 aliphatic carbocycles. The highest BCUT2D eigenvalue weighted by atomic mass is 16.5. The molecule has 4 nitrogen and oxygen atoms in total. The maximum Gasteiger partial charge on any atom is 0.341 e. The molecular formula is C13H19NO3. The summed E-state index contributed by atoms with van der Waals surface area (Å²) in [6.07, 6.45) is 0.830. The zero-order valence-electron chi connectivity index (χ0n) is 10.7. The lowest BCUT2D eigenvalue weighted by Gasteiger charge is -2.17. The van der Waals surface area contributed by atoms with Crippen LogP contribution in [0.1, 0.15) is 43.2 Å². The van der Waals surface area contributed by atoms with Crippen LogP contribution in [-0.2, 0) is 0 Å². The van der Waals surface area contributed by atoms with Crippen molar-refractivity contribution in [1.29, 1.82) is 0 Å². The van der Waals surface area contributed by atoms with Crippen molar-refractivity contribution in [2.75, 3.05) is 0 Å². The van der Waals surface area contributed by atoms with Gasteiger partial charge in [0.1, 0.15) is 5.56 Å². The minimum atomic E-state index is -1.01. The van der Waals surface area contributed by atoms with E-state index >= 15 is 0 Å². The number of carboxylic acids is 1. The first-order valence-corrected chi connectivity index (χ1v) is 5.77. The number of carboxylic acid groups (broad SMARTS) is 1. The number of nitrogens with zero attached hydrogens (tertiary/aromatic N) is 1. The van der Waals surface area contributed by atoms with E-state index in [2.05, 4.69) is 18.8 Å². The molecule has 1 aromatic rings. The summed E-state index contributed by atoms with van der Waals surface area (Å²) < 4.78 is 5.61. The Labute approximate surface area is 102 Å². The first kappa shape index (κ1) is 13.5. The number of aryl methyl sites for hydroxylation is 1. The predicted octanol–water partition coefficient (Wildman–Crippen LogP) is 2.90. The number of aromatic nitrogens is 1. The van der Waals surface area contributed by atoms with Gasteiger partial charge in [0.15, 0.2) is 0 Å². The molecule has 0 aliphatic heterocycles. The van der Waals surface area contributed by atoms with E-state index in [1.54, 1.807) is 6.07 Å². The van der Waals surface area contributed by atoms with Gasteiger partial charge in [-0.1, -0.05) is 13.8 Å². The number of hydrogen-bond acceptors (Lipinski definition) is 3. The van der Waals surface area contributed by atoms with Crippen LogP contribution in [0.4, 0.5) is 0 Å². The highest BCUT2D eigenvalue weighted by Gasteiger charge is 2.16. The quantitative estimate of drug-likeness (QED) is 0.855. The average molecular weight is 237 g/mol. The van der Waals surface area contributed by atoms with E-state index in [0.29, 0.717) is 5.92 Å². The van der Waals surface area contributed by atoms with Crippen molar-refractivity contribution in [2.45, 2.75) is 40.2 Å². The largest absolute Gasteiger partial charge is 0.477 e. The molecule has 1 aromatic heterocycles. The van der Waals surface area contributed by atoms with Crippen molar-refractivity contribution in [3.05, 3.63) is 23.4 Å². The molecule has 0 saturated carbocycles. The lowest BCUT2D eigenvalue weighted by atomic mass is 10.1. The van der Waals surface area contributed by atoms with E-state index in [1.807, 2.05) is 13.8 Å². The second kappa shape index (κ2) is 5.66. The molecule has 0 saturated heterocycles. The van der Waals surface area contributed by atoms with Crippen LogP contribution in [0.2, 0.25) is 0 Å². The first-order valence-electron chi connectivity index (χ1n) is 5.77. The summed E-state index contributed by atoms with van der Waals surface area (Å²) in [4.78, 5) is 15.2. The van der Waals surface area contributed by atoms with Crippen molar-refractivity contribution < 1.29 is 14.6 Å². The Morgan fingerprint density at radius 3 is 2.59 bits per heavy atom. The summed E-state index contributed by atoms with van der Waals surface area (Å²) in [5.41, 5.74) is 0.868. The zero-order valence-corrected chi connectivity index (χ0v) is 10.7. The summed E-state index contributed by atoms with van der Waals surface area (Å²) in [6, 6.07) is 3.20. The molecule has 0 aliphatic rings. The maximum absolute atomic E-state index is 11.0. The Kier molecular flexibility index (Phi) is 4.49. The van der Waals surface area contributed by atoms with Crippen LogP contribution in [0.5, 0.6) is 5.88 Å². The molecule has 0 bridgehead atoms. The van der Waals surface area contributed by atoms with Gasteiger partial charge in [0.05, 0.1) is 6.10 Å². The monoisotopic (exact) mass is 237 g/mol. The Bertz CT molecular complexity index is 402. The van der Waals surface area contributed by atoms with Gasteiger partial charge in [-0.05, 0) is 38.3 Å². The van der Waals surface area contributed by atoms with E-state index in [4.69, 9.17) is 9.84 Å². The highest BCUT2D eigenvalue weighted by molar-refractivity contribution is 5.90. The molecule has 0 spiro atoms. The summed E-state index contributed by atoms with van der Waals surface area (Å²) in [5.74, 6) is -0.294. The normalized spacial score (nSPS) is 12.5.